The Bertz CT molecular complexity index is 1040. The Morgan fingerprint density at radius 1 is 1.17 bits per heavy atom. The van der Waals surface area contributed by atoms with E-state index in [-0.39, 0.29) is 5.91 Å². The van der Waals surface area contributed by atoms with Gasteiger partial charge < -0.3 is 16.0 Å². The first-order chi connectivity index (χ1) is 14.1. The van der Waals surface area contributed by atoms with Crippen LogP contribution in [0.15, 0.2) is 36.4 Å². The lowest BCUT2D eigenvalue weighted by Crippen LogP contribution is -2.48. The second-order valence-corrected chi connectivity index (χ2v) is 9.43. The SMILES string of the molecule is Cc1ccc2c(N)c(C(=O)NCCc3ccc(N4CC5CC(C5)C4)cc3)sc2n1. The van der Waals surface area contributed by atoms with E-state index in [4.69, 9.17) is 5.73 Å². The quantitative estimate of drug-likeness (QED) is 0.672. The topological polar surface area (TPSA) is 71.2 Å². The number of rotatable bonds is 5. The number of anilines is 2. The van der Waals surface area contributed by atoms with Crippen LogP contribution in [0.1, 0.15) is 33.8 Å². The number of amides is 1. The number of aromatic nitrogens is 1. The van der Waals surface area contributed by atoms with Crippen LogP contribution in [-0.4, -0.2) is 30.5 Å². The lowest BCUT2D eigenvalue weighted by molar-refractivity contribution is 0.0959. The highest BCUT2D eigenvalue weighted by Crippen LogP contribution is 2.41. The zero-order chi connectivity index (χ0) is 20.0. The van der Waals surface area contributed by atoms with Crippen LogP contribution in [-0.2, 0) is 6.42 Å². The number of aryl methyl sites for hydroxylation is 1. The molecule has 29 heavy (non-hydrogen) atoms. The third-order valence-corrected chi connectivity index (χ3v) is 7.34. The number of thiophene rings is 1. The number of hydrogen-bond donors (Lipinski definition) is 2. The van der Waals surface area contributed by atoms with Crippen LogP contribution in [0.25, 0.3) is 10.2 Å². The first-order valence-electron chi connectivity index (χ1n) is 10.3. The van der Waals surface area contributed by atoms with Crippen molar-refractivity contribution in [1.29, 1.82) is 0 Å². The van der Waals surface area contributed by atoms with Crippen LogP contribution < -0.4 is 16.0 Å². The molecule has 6 rings (SSSR count). The molecule has 1 amide bonds. The van der Waals surface area contributed by atoms with Crippen LogP contribution in [0.5, 0.6) is 0 Å². The molecule has 0 radical (unpaired) electrons. The summed E-state index contributed by atoms with van der Waals surface area (Å²) < 4.78 is 0. The van der Waals surface area contributed by atoms with Crippen molar-refractivity contribution in [3.05, 3.63) is 52.5 Å². The smallest absolute Gasteiger partial charge is 0.263 e. The van der Waals surface area contributed by atoms with E-state index in [1.54, 1.807) is 0 Å². The van der Waals surface area contributed by atoms with Crippen molar-refractivity contribution < 1.29 is 4.79 Å². The molecule has 6 heteroatoms. The summed E-state index contributed by atoms with van der Waals surface area (Å²) in [5, 5.41) is 3.86. The third-order valence-electron chi connectivity index (χ3n) is 6.23. The van der Waals surface area contributed by atoms with Crippen LogP contribution in [0.4, 0.5) is 11.4 Å². The van der Waals surface area contributed by atoms with Gasteiger partial charge in [0.25, 0.3) is 5.91 Å². The van der Waals surface area contributed by atoms with Gasteiger partial charge in [0, 0.05) is 36.4 Å². The number of nitrogens with one attached hydrogen (secondary N) is 1. The van der Waals surface area contributed by atoms with Crippen molar-refractivity contribution in [3.8, 4) is 0 Å². The zero-order valence-corrected chi connectivity index (χ0v) is 17.5. The molecule has 0 spiro atoms. The molecule has 3 aliphatic rings. The van der Waals surface area contributed by atoms with Gasteiger partial charge in [0.15, 0.2) is 0 Å². The van der Waals surface area contributed by atoms with E-state index in [1.807, 2.05) is 19.1 Å². The van der Waals surface area contributed by atoms with E-state index in [0.29, 0.717) is 17.1 Å². The van der Waals surface area contributed by atoms with Gasteiger partial charge in [-0.05, 0) is 67.9 Å². The highest BCUT2D eigenvalue weighted by molar-refractivity contribution is 7.21. The number of carbonyl (C=O) groups excluding carboxylic acids is 1. The van der Waals surface area contributed by atoms with Gasteiger partial charge in [0.2, 0.25) is 0 Å². The summed E-state index contributed by atoms with van der Waals surface area (Å²) in [6, 6.07) is 12.7. The van der Waals surface area contributed by atoms with Crippen LogP contribution in [0.2, 0.25) is 0 Å². The third kappa shape index (κ3) is 3.57. The van der Waals surface area contributed by atoms with Crippen molar-refractivity contribution in [3.63, 3.8) is 0 Å². The monoisotopic (exact) mass is 406 g/mol. The fourth-order valence-corrected chi connectivity index (χ4v) is 5.67. The number of hydrogen-bond acceptors (Lipinski definition) is 5. The Morgan fingerprint density at radius 2 is 1.90 bits per heavy atom. The summed E-state index contributed by atoms with van der Waals surface area (Å²) in [6.45, 7) is 4.94. The number of pyridine rings is 1. The molecule has 2 bridgehead atoms. The lowest BCUT2D eigenvalue weighted by Gasteiger charge is -2.48. The summed E-state index contributed by atoms with van der Waals surface area (Å²) in [5.41, 5.74) is 10.2. The van der Waals surface area contributed by atoms with Crippen molar-refractivity contribution in [2.75, 3.05) is 30.3 Å². The predicted octanol–water partition coefficient (Wildman–Crippen LogP) is 4.01. The minimum Gasteiger partial charge on any atom is -0.397 e. The fraction of sp³-hybridized carbons (Fsp3) is 0.391. The Balaban J connectivity index is 1.18. The molecule has 3 aromatic rings. The fourth-order valence-electron chi connectivity index (χ4n) is 4.61. The van der Waals surface area contributed by atoms with E-state index in [1.165, 1.54) is 48.5 Å². The predicted molar refractivity (Wildman–Crippen MR) is 120 cm³/mol. The lowest BCUT2D eigenvalue weighted by atomic mass is 9.71. The normalized spacial score (nSPS) is 20.5. The molecule has 0 atom stereocenters. The van der Waals surface area contributed by atoms with E-state index >= 15 is 0 Å². The van der Waals surface area contributed by atoms with Gasteiger partial charge in [-0.15, -0.1) is 11.3 Å². The van der Waals surface area contributed by atoms with E-state index < -0.39 is 0 Å². The first-order valence-corrected chi connectivity index (χ1v) is 11.2. The van der Waals surface area contributed by atoms with Crippen molar-refractivity contribution >= 4 is 38.8 Å². The Hall–Kier alpha value is -2.60. The van der Waals surface area contributed by atoms with Gasteiger partial charge in [-0.1, -0.05) is 12.1 Å². The highest BCUT2D eigenvalue weighted by atomic mass is 32.1. The summed E-state index contributed by atoms with van der Waals surface area (Å²) in [4.78, 5) is 21.0. The number of nitrogen functional groups attached to an aromatic ring is 1. The molecular weight excluding hydrogens is 380 g/mol. The summed E-state index contributed by atoms with van der Waals surface area (Å²) in [7, 11) is 0. The maximum atomic E-state index is 12.6. The molecule has 1 aliphatic carbocycles. The van der Waals surface area contributed by atoms with Crippen molar-refractivity contribution in [2.45, 2.75) is 26.2 Å². The van der Waals surface area contributed by atoms with Crippen molar-refractivity contribution in [1.82, 2.24) is 10.3 Å². The van der Waals surface area contributed by atoms with Gasteiger partial charge in [0.05, 0.1) is 5.69 Å². The molecule has 0 unspecified atom stereocenters. The Morgan fingerprint density at radius 3 is 2.62 bits per heavy atom. The maximum absolute atomic E-state index is 12.6. The molecule has 150 valence electrons. The van der Waals surface area contributed by atoms with Gasteiger partial charge in [-0.2, -0.15) is 0 Å². The maximum Gasteiger partial charge on any atom is 0.263 e. The molecule has 1 saturated carbocycles. The number of nitrogens with zero attached hydrogens (tertiary/aromatic N) is 2. The summed E-state index contributed by atoms with van der Waals surface area (Å²) >= 11 is 1.36. The number of benzene rings is 1. The van der Waals surface area contributed by atoms with Gasteiger partial charge in [0.1, 0.15) is 9.71 Å². The van der Waals surface area contributed by atoms with Crippen LogP contribution in [0, 0.1) is 18.8 Å². The van der Waals surface area contributed by atoms with Crippen molar-refractivity contribution in [2.24, 2.45) is 11.8 Å². The number of piperidine rings is 2. The molecule has 3 N–H and O–H groups in total. The Kier molecular flexibility index (Phi) is 4.66. The van der Waals surface area contributed by atoms with E-state index in [0.717, 1.165) is 34.2 Å². The molecule has 2 aliphatic heterocycles. The standard InChI is InChI=1S/C23H26N4OS/c1-14-2-7-19-20(24)21(29-23(19)26-14)22(28)25-9-8-15-3-5-18(6-4-15)27-12-16-10-17(11-16)13-27/h2-7,16-17H,8-13,24H2,1H3,(H,25,28). The minimum atomic E-state index is -0.118. The summed E-state index contributed by atoms with van der Waals surface area (Å²) in [5.74, 6) is 1.69. The molecular formula is C23H26N4OS. The van der Waals surface area contributed by atoms with Gasteiger partial charge in [-0.25, -0.2) is 4.98 Å². The van der Waals surface area contributed by atoms with Gasteiger partial charge in [-0.3, -0.25) is 4.79 Å². The number of nitrogens with two attached hydrogens (primary N) is 1. The summed E-state index contributed by atoms with van der Waals surface area (Å²) in [6.07, 6.45) is 3.65. The van der Waals surface area contributed by atoms with E-state index in [9.17, 15) is 4.79 Å². The average Bonchev–Trinajstić information content (AvgIpc) is 3.04. The molecule has 5 nitrogen and oxygen atoms in total. The zero-order valence-electron chi connectivity index (χ0n) is 16.6. The second kappa shape index (κ2) is 7.34. The molecule has 2 saturated heterocycles. The Labute approximate surface area is 174 Å². The van der Waals surface area contributed by atoms with E-state index in [2.05, 4.69) is 39.5 Å². The molecule has 2 aromatic heterocycles. The average molecular weight is 407 g/mol. The molecule has 1 aromatic carbocycles. The molecule has 3 fully saturated rings. The number of fused-ring (bicyclic) bond motifs is 3. The number of carbonyl (C=O) groups is 1. The van der Waals surface area contributed by atoms with Crippen LogP contribution in [0.3, 0.4) is 0 Å². The highest BCUT2D eigenvalue weighted by Gasteiger charge is 2.36. The first kappa shape index (κ1) is 18.4. The molecule has 4 heterocycles. The second-order valence-electron chi connectivity index (χ2n) is 8.43. The van der Waals surface area contributed by atoms with Crippen LogP contribution >= 0.6 is 11.3 Å². The largest absolute Gasteiger partial charge is 0.397 e. The van der Waals surface area contributed by atoms with Gasteiger partial charge >= 0.3 is 0 Å². The minimum absolute atomic E-state index is 0.118.